The highest BCUT2D eigenvalue weighted by Crippen LogP contribution is 2.32. The summed E-state index contributed by atoms with van der Waals surface area (Å²) in [4.78, 5) is 38.6. The van der Waals surface area contributed by atoms with Gasteiger partial charge in [0.05, 0.1) is 20.3 Å². The fourth-order valence-electron chi connectivity index (χ4n) is 3.40. The quantitative estimate of drug-likeness (QED) is 0.633. The smallest absolute Gasteiger partial charge is 0.309 e. The monoisotopic (exact) mass is 441 g/mol. The van der Waals surface area contributed by atoms with Crippen LogP contribution in [0, 0.1) is 0 Å². The number of hydrogen-bond acceptors (Lipinski definition) is 7. The second-order valence-electron chi connectivity index (χ2n) is 7.13. The molecule has 2 N–H and O–H groups in total. The Morgan fingerprint density at radius 2 is 1.78 bits per heavy atom. The van der Waals surface area contributed by atoms with Crippen molar-refractivity contribution in [3.63, 3.8) is 0 Å². The van der Waals surface area contributed by atoms with E-state index in [4.69, 9.17) is 18.9 Å². The van der Waals surface area contributed by atoms with Crippen LogP contribution in [0.15, 0.2) is 42.5 Å². The maximum Gasteiger partial charge on any atom is 0.309 e. The molecule has 10 nitrogen and oxygen atoms in total. The summed E-state index contributed by atoms with van der Waals surface area (Å²) in [6.45, 7) is 1.05. The van der Waals surface area contributed by atoms with Crippen LogP contribution in [-0.4, -0.2) is 62.4 Å². The highest BCUT2D eigenvalue weighted by molar-refractivity contribution is 6.35. The van der Waals surface area contributed by atoms with Crippen molar-refractivity contribution < 1.29 is 33.3 Å². The van der Waals surface area contributed by atoms with E-state index in [2.05, 4.69) is 10.6 Å². The number of hydrogen-bond donors (Lipinski definition) is 2. The molecule has 32 heavy (non-hydrogen) atoms. The minimum Gasteiger partial charge on any atom is -0.497 e. The fraction of sp³-hybridized carbons (Fsp3) is 0.318. The highest BCUT2D eigenvalue weighted by Gasteiger charge is 2.31. The van der Waals surface area contributed by atoms with Gasteiger partial charge in [-0.1, -0.05) is 6.07 Å². The van der Waals surface area contributed by atoms with Crippen molar-refractivity contribution in [1.29, 1.82) is 0 Å². The van der Waals surface area contributed by atoms with Crippen LogP contribution in [0.25, 0.3) is 0 Å². The fourth-order valence-corrected chi connectivity index (χ4v) is 3.40. The molecule has 0 spiro atoms. The van der Waals surface area contributed by atoms with Crippen LogP contribution < -0.4 is 24.8 Å². The summed E-state index contributed by atoms with van der Waals surface area (Å²) < 4.78 is 21.2. The molecule has 1 atom stereocenters. The molecular formula is C22H23N3O7. The minimum atomic E-state index is -0.807. The molecule has 0 aliphatic carbocycles. The third kappa shape index (κ3) is 4.75. The predicted octanol–water partition coefficient (Wildman–Crippen LogP) is 0.655. The largest absolute Gasteiger partial charge is 0.497 e. The topological polar surface area (TPSA) is 115 Å². The van der Waals surface area contributed by atoms with Crippen LogP contribution in [0.1, 0.15) is 15.9 Å². The van der Waals surface area contributed by atoms with Gasteiger partial charge < -0.3 is 34.5 Å². The van der Waals surface area contributed by atoms with E-state index < -0.39 is 18.0 Å². The maximum absolute atomic E-state index is 12.8. The van der Waals surface area contributed by atoms with Crippen molar-refractivity contribution in [3.8, 4) is 17.2 Å². The van der Waals surface area contributed by atoms with Crippen LogP contribution in [0.2, 0.25) is 0 Å². The zero-order valence-corrected chi connectivity index (χ0v) is 17.5. The maximum atomic E-state index is 12.8. The lowest BCUT2D eigenvalue weighted by Gasteiger charge is -2.23. The van der Waals surface area contributed by atoms with Gasteiger partial charge in [-0.05, 0) is 42.0 Å². The van der Waals surface area contributed by atoms with E-state index in [1.54, 1.807) is 49.6 Å². The number of nitrogens with one attached hydrogen (secondary N) is 2. The molecule has 0 aromatic heterocycles. The summed E-state index contributed by atoms with van der Waals surface area (Å²) >= 11 is 0. The average molecular weight is 441 g/mol. The summed E-state index contributed by atoms with van der Waals surface area (Å²) in [6, 6.07) is 12.0. The van der Waals surface area contributed by atoms with Crippen molar-refractivity contribution in [2.75, 3.05) is 33.6 Å². The SMILES string of the molecule is COc1ccc(C(=O)N2CCO[C@H]2CNC(=O)C(=O)NCc2ccc3c(c2)OCO3)cc1. The van der Waals surface area contributed by atoms with Crippen LogP contribution in [-0.2, 0) is 20.9 Å². The number of carbonyl (C=O) groups is 3. The van der Waals surface area contributed by atoms with Gasteiger partial charge in [0, 0.05) is 18.7 Å². The van der Waals surface area contributed by atoms with E-state index in [9.17, 15) is 14.4 Å². The molecule has 3 amide bonds. The molecule has 0 saturated carbocycles. The summed E-state index contributed by atoms with van der Waals surface area (Å²) in [6.07, 6.45) is -0.657. The summed E-state index contributed by atoms with van der Waals surface area (Å²) in [7, 11) is 1.55. The molecule has 2 aliphatic heterocycles. The van der Waals surface area contributed by atoms with E-state index in [0.29, 0.717) is 36.0 Å². The van der Waals surface area contributed by atoms with Crippen LogP contribution >= 0.6 is 0 Å². The van der Waals surface area contributed by atoms with Crippen LogP contribution in [0.5, 0.6) is 17.2 Å². The number of rotatable bonds is 6. The molecular weight excluding hydrogens is 418 g/mol. The van der Waals surface area contributed by atoms with Gasteiger partial charge in [-0.25, -0.2) is 0 Å². The summed E-state index contributed by atoms with van der Waals surface area (Å²) in [5.41, 5.74) is 1.25. The molecule has 10 heteroatoms. The van der Waals surface area contributed by atoms with E-state index in [1.807, 2.05) is 0 Å². The Kier molecular flexibility index (Phi) is 6.41. The zero-order valence-electron chi connectivity index (χ0n) is 17.5. The van der Waals surface area contributed by atoms with Gasteiger partial charge in [0.2, 0.25) is 6.79 Å². The Morgan fingerprint density at radius 1 is 1.03 bits per heavy atom. The van der Waals surface area contributed by atoms with Crippen molar-refractivity contribution >= 4 is 17.7 Å². The Balaban J connectivity index is 1.26. The first-order valence-electron chi connectivity index (χ1n) is 10.1. The lowest BCUT2D eigenvalue weighted by Crippen LogP contribution is -2.47. The first-order chi connectivity index (χ1) is 15.5. The molecule has 1 fully saturated rings. The van der Waals surface area contributed by atoms with Gasteiger partial charge in [0.1, 0.15) is 12.0 Å². The number of amides is 3. The van der Waals surface area contributed by atoms with Crippen molar-refractivity contribution in [2.24, 2.45) is 0 Å². The molecule has 0 radical (unpaired) electrons. The van der Waals surface area contributed by atoms with E-state index >= 15 is 0 Å². The minimum absolute atomic E-state index is 0.00181. The molecule has 2 aromatic rings. The first-order valence-corrected chi connectivity index (χ1v) is 10.1. The van der Waals surface area contributed by atoms with Gasteiger partial charge >= 0.3 is 11.8 Å². The van der Waals surface area contributed by atoms with Gasteiger partial charge in [0.25, 0.3) is 5.91 Å². The molecule has 0 unspecified atom stereocenters. The molecule has 168 valence electrons. The Hall–Kier alpha value is -3.79. The number of benzene rings is 2. The van der Waals surface area contributed by atoms with Gasteiger partial charge in [-0.15, -0.1) is 0 Å². The number of nitrogens with zero attached hydrogens (tertiary/aromatic N) is 1. The Bertz CT molecular complexity index is 1010. The third-order valence-electron chi connectivity index (χ3n) is 5.12. The second-order valence-corrected chi connectivity index (χ2v) is 7.13. The summed E-state index contributed by atoms with van der Waals surface area (Å²) in [5, 5.41) is 5.08. The number of ether oxygens (including phenoxy) is 4. The first kappa shape index (κ1) is 21.4. The lowest BCUT2D eigenvalue weighted by molar-refractivity contribution is -0.139. The number of methoxy groups -OCH3 is 1. The highest BCUT2D eigenvalue weighted by atomic mass is 16.7. The van der Waals surface area contributed by atoms with E-state index in [1.165, 1.54) is 4.90 Å². The van der Waals surface area contributed by atoms with Crippen LogP contribution in [0.3, 0.4) is 0 Å². The molecule has 2 heterocycles. The van der Waals surface area contributed by atoms with Crippen molar-refractivity contribution in [3.05, 3.63) is 53.6 Å². The molecule has 4 rings (SSSR count). The zero-order chi connectivity index (χ0) is 22.5. The average Bonchev–Trinajstić information content (AvgIpc) is 3.49. The normalized spacial score (nSPS) is 16.5. The number of fused-ring (bicyclic) bond motifs is 1. The van der Waals surface area contributed by atoms with Crippen molar-refractivity contribution in [2.45, 2.75) is 12.8 Å². The van der Waals surface area contributed by atoms with E-state index in [0.717, 1.165) is 5.56 Å². The standard InChI is InChI=1S/C22H23N3O7/c1-29-16-5-3-15(4-6-16)22(28)25-8-9-30-19(25)12-24-21(27)20(26)23-11-14-2-7-17-18(10-14)32-13-31-17/h2-7,10,19H,8-9,11-13H2,1H3,(H,23,26)(H,24,27)/t19-/m0/s1. The van der Waals surface area contributed by atoms with Crippen molar-refractivity contribution in [1.82, 2.24) is 15.5 Å². The van der Waals surface area contributed by atoms with Gasteiger partial charge in [0.15, 0.2) is 11.5 Å². The molecule has 1 saturated heterocycles. The second kappa shape index (κ2) is 9.56. The number of carbonyl (C=O) groups excluding carboxylic acids is 3. The van der Waals surface area contributed by atoms with Gasteiger partial charge in [-0.3, -0.25) is 14.4 Å². The predicted molar refractivity (Wildman–Crippen MR) is 111 cm³/mol. The van der Waals surface area contributed by atoms with E-state index in [-0.39, 0.29) is 25.8 Å². The van der Waals surface area contributed by atoms with Crippen LogP contribution in [0.4, 0.5) is 0 Å². The Labute approximate surface area is 184 Å². The molecule has 2 aromatic carbocycles. The molecule has 2 aliphatic rings. The molecule has 0 bridgehead atoms. The third-order valence-corrected chi connectivity index (χ3v) is 5.12. The Morgan fingerprint density at radius 3 is 2.56 bits per heavy atom. The van der Waals surface area contributed by atoms with Gasteiger partial charge in [-0.2, -0.15) is 0 Å². The summed E-state index contributed by atoms with van der Waals surface area (Å²) in [5.74, 6) is 0.0718. The lowest BCUT2D eigenvalue weighted by atomic mass is 10.2.